The van der Waals surface area contributed by atoms with Crippen molar-refractivity contribution >= 4 is 71.0 Å². The molecule has 1 atom stereocenters. The van der Waals surface area contributed by atoms with Gasteiger partial charge in [-0.1, -0.05) is 17.7 Å². The summed E-state index contributed by atoms with van der Waals surface area (Å²) in [6.45, 7) is 8.92. The van der Waals surface area contributed by atoms with Gasteiger partial charge in [0, 0.05) is 18.6 Å². The SMILES string of the molecule is C=C[C@@]1(c2sc3c(Br)nccc3c2Cl)CS(=O)(=O)N(C)C(NC(=O)OC(C)(C)C)=N1. The standard InChI is InChI=1S/C18H20BrClN4O4S2/c1-6-18(13-11(20)10-7-8-21-14(19)12(10)29-13)9-30(26,27)24(5)15(23-18)22-16(25)28-17(2,3)4/h6-8H,1,9H2,2-5H3,(H,22,23,25)/t18-/m0/s1. The van der Waals surface area contributed by atoms with Crippen LogP contribution in [0.15, 0.2) is 34.5 Å². The van der Waals surface area contributed by atoms with E-state index in [2.05, 4.69) is 37.8 Å². The fourth-order valence-electron chi connectivity index (χ4n) is 2.85. The first-order valence-electron chi connectivity index (χ1n) is 8.73. The highest BCUT2D eigenvalue weighted by Crippen LogP contribution is 2.47. The smallest absolute Gasteiger partial charge is 0.414 e. The highest BCUT2D eigenvalue weighted by Gasteiger charge is 2.45. The molecule has 0 fully saturated rings. The summed E-state index contributed by atoms with van der Waals surface area (Å²) in [6.07, 6.45) is 2.20. The maximum Gasteiger partial charge on any atom is 0.414 e. The number of alkyl carbamates (subject to hydrolysis) is 1. The highest BCUT2D eigenvalue weighted by atomic mass is 79.9. The summed E-state index contributed by atoms with van der Waals surface area (Å²) in [7, 11) is -2.54. The van der Waals surface area contributed by atoms with Gasteiger partial charge in [0.1, 0.15) is 21.5 Å². The number of amides is 1. The highest BCUT2D eigenvalue weighted by molar-refractivity contribution is 9.10. The molecular formula is C18H20BrClN4O4S2. The Hall–Kier alpha value is -1.69. The number of ether oxygens (including phenoxy) is 1. The fraction of sp³-hybridized carbons (Fsp3) is 0.389. The van der Waals surface area contributed by atoms with Crippen LogP contribution in [0.1, 0.15) is 25.6 Å². The molecule has 0 bridgehead atoms. The van der Waals surface area contributed by atoms with Crippen molar-refractivity contribution in [3.05, 3.63) is 39.4 Å². The van der Waals surface area contributed by atoms with Crippen molar-refractivity contribution in [3.8, 4) is 0 Å². The molecule has 0 aromatic carbocycles. The third kappa shape index (κ3) is 4.20. The molecule has 0 saturated carbocycles. The van der Waals surface area contributed by atoms with Crippen LogP contribution in [0.3, 0.4) is 0 Å². The predicted octanol–water partition coefficient (Wildman–Crippen LogP) is 4.25. The van der Waals surface area contributed by atoms with Crippen LogP contribution < -0.4 is 5.32 Å². The lowest BCUT2D eigenvalue weighted by Crippen LogP contribution is -2.54. The van der Waals surface area contributed by atoms with Crippen molar-refractivity contribution in [2.75, 3.05) is 12.8 Å². The van der Waals surface area contributed by atoms with Crippen LogP contribution in [0.5, 0.6) is 0 Å². The van der Waals surface area contributed by atoms with E-state index < -0.39 is 33.0 Å². The predicted molar refractivity (Wildman–Crippen MR) is 123 cm³/mol. The Bertz CT molecular complexity index is 1170. The largest absolute Gasteiger partial charge is 0.444 e. The van der Waals surface area contributed by atoms with Crippen molar-refractivity contribution in [2.24, 2.45) is 4.99 Å². The van der Waals surface area contributed by atoms with Gasteiger partial charge in [0.15, 0.2) is 0 Å². The first-order valence-corrected chi connectivity index (χ1v) is 12.3. The van der Waals surface area contributed by atoms with Crippen LogP contribution in [-0.2, 0) is 20.3 Å². The van der Waals surface area contributed by atoms with E-state index in [1.54, 1.807) is 33.0 Å². The molecule has 30 heavy (non-hydrogen) atoms. The van der Waals surface area contributed by atoms with Crippen molar-refractivity contribution in [1.82, 2.24) is 14.6 Å². The Balaban J connectivity index is 2.17. The monoisotopic (exact) mass is 534 g/mol. The normalized spacial score (nSPS) is 21.3. The molecule has 1 aliphatic heterocycles. The molecule has 0 saturated heterocycles. The molecule has 1 aliphatic rings. The van der Waals surface area contributed by atoms with Gasteiger partial charge in [0.2, 0.25) is 16.0 Å². The maximum absolute atomic E-state index is 12.9. The van der Waals surface area contributed by atoms with Gasteiger partial charge in [-0.3, -0.25) is 5.32 Å². The number of halogens is 2. The van der Waals surface area contributed by atoms with Crippen LogP contribution in [0.4, 0.5) is 4.79 Å². The number of hydrogen-bond donors (Lipinski definition) is 1. The number of guanidine groups is 1. The van der Waals surface area contributed by atoms with Crippen molar-refractivity contribution in [3.63, 3.8) is 0 Å². The second-order valence-corrected chi connectivity index (χ2v) is 11.8. The summed E-state index contributed by atoms with van der Waals surface area (Å²) in [5, 5.41) is 3.51. The van der Waals surface area contributed by atoms with Gasteiger partial charge in [0.25, 0.3) is 0 Å². The minimum Gasteiger partial charge on any atom is -0.444 e. The number of pyridine rings is 1. The zero-order chi connectivity index (χ0) is 22.5. The molecule has 0 aliphatic carbocycles. The Morgan fingerprint density at radius 2 is 2.17 bits per heavy atom. The lowest BCUT2D eigenvalue weighted by atomic mass is 10.0. The molecule has 1 amide bonds. The quantitative estimate of drug-likeness (QED) is 0.458. The minimum atomic E-state index is -3.85. The van der Waals surface area contributed by atoms with Gasteiger partial charge in [-0.25, -0.2) is 27.5 Å². The Morgan fingerprint density at radius 3 is 2.73 bits per heavy atom. The maximum atomic E-state index is 12.9. The summed E-state index contributed by atoms with van der Waals surface area (Å²) in [4.78, 5) is 21.5. The molecule has 0 spiro atoms. The van der Waals surface area contributed by atoms with Crippen LogP contribution in [-0.4, -0.2) is 48.2 Å². The molecule has 2 aromatic rings. The summed E-state index contributed by atoms with van der Waals surface area (Å²) < 4.78 is 33.4. The van der Waals surface area contributed by atoms with Crippen molar-refractivity contribution in [1.29, 1.82) is 0 Å². The average molecular weight is 536 g/mol. The average Bonchev–Trinajstić information content (AvgIpc) is 2.96. The second kappa shape index (κ2) is 7.77. The van der Waals surface area contributed by atoms with Crippen LogP contribution >= 0.6 is 38.9 Å². The molecule has 162 valence electrons. The van der Waals surface area contributed by atoms with Crippen LogP contribution in [0.25, 0.3) is 10.1 Å². The van der Waals surface area contributed by atoms with E-state index in [-0.39, 0.29) is 5.96 Å². The van der Waals surface area contributed by atoms with Gasteiger partial charge in [-0.2, -0.15) is 0 Å². The lowest BCUT2D eigenvalue weighted by Gasteiger charge is -2.35. The molecule has 12 heteroatoms. The van der Waals surface area contributed by atoms with E-state index in [4.69, 9.17) is 16.3 Å². The molecule has 0 radical (unpaired) electrons. The molecule has 2 aromatic heterocycles. The van der Waals surface area contributed by atoms with E-state index >= 15 is 0 Å². The zero-order valence-corrected chi connectivity index (χ0v) is 20.7. The lowest BCUT2D eigenvalue weighted by molar-refractivity contribution is 0.0559. The number of aliphatic imine (C=N–C) groups is 1. The zero-order valence-electron chi connectivity index (χ0n) is 16.7. The van der Waals surface area contributed by atoms with Gasteiger partial charge in [-0.05, 0) is 42.8 Å². The summed E-state index contributed by atoms with van der Waals surface area (Å²) in [5.41, 5.74) is -2.16. The first kappa shape index (κ1) is 23.0. The number of rotatable bonds is 2. The molecular weight excluding hydrogens is 516 g/mol. The van der Waals surface area contributed by atoms with E-state index in [1.165, 1.54) is 24.5 Å². The van der Waals surface area contributed by atoms with E-state index in [0.29, 0.717) is 19.9 Å². The molecule has 8 nitrogen and oxygen atoms in total. The van der Waals surface area contributed by atoms with E-state index in [9.17, 15) is 13.2 Å². The van der Waals surface area contributed by atoms with E-state index in [1.807, 2.05) is 0 Å². The van der Waals surface area contributed by atoms with E-state index in [0.717, 1.165) is 9.01 Å². The topological polar surface area (TPSA) is 101 Å². The Morgan fingerprint density at radius 1 is 1.50 bits per heavy atom. The number of nitrogens with zero attached hydrogens (tertiary/aromatic N) is 3. The number of aromatic nitrogens is 1. The molecule has 3 heterocycles. The van der Waals surface area contributed by atoms with Gasteiger partial charge >= 0.3 is 6.09 Å². The number of fused-ring (bicyclic) bond motifs is 1. The first-order chi connectivity index (χ1) is 13.8. The van der Waals surface area contributed by atoms with Crippen LogP contribution in [0.2, 0.25) is 5.02 Å². The summed E-state index contributed by atoms with van der Waals surface area (Å²) in [6, 6.07) is 1.74. The number of sulfonamides is 1. The third-order valence-electron chi connectivity index (χ3n) is 4.27. The Labute approximate surface area is 192 Å². The second-order valence-electron chi connectivity index (χ2n) is 7.64. The molecule has 1 N–H and O–H groups in total. The summed E-state index contributed by atoms with van der Waals surface area (Å²) >= 11 is 11.3. The number of hydrogen-bond acceptors (Lipinski definition) is 7. The summed E-state index contributed by atoms with van der Waals surface area (Å²) in [5.74, 6) is -0.571. The molecule has 3 rings (SSSR count). The van der Waals surface area contributed by atoms with Gasteiger partial charge in [0.05, 0.1) is 14.6 Å². The number of carbonyl (C=O) groups excluding carboxylic acids is 1. The van der Waals surface area contributed by atoms with Crippen molar-refractivity contribution < 1.29 is 17.9 Å². The third-order valence-corrected chi connectivity index (χ3v) is 8.83. The number of nitrogens with one attached hydrogen (secondary N) is 1. The molecule has 0 unspecified atom stereocenters. The van der Waals surface area contributed by atoms with Gasteiger partial charge < -0.3 is 4.74 Å². The minimum absolute atomic E-state index is 0.180. The Kier molecular flexibility index (Phi) is 5.96. The van der Waals surface area contributed by atoms with Crippen molar-refractivity contribution in [2.45, 2.75) is 31.9 Å². The van der Waals surface area contributed by atoms with Crippen LogP contribution in [0, 0.1) is 0 Å². The number of thiophene rings is 1. The van der Waals surface area contributed by atoms with Gasteiger partial charge in [-0.15, -0.1) is 17.9 Å². The fourth-order valence-corrected chi connectivity index (χ4v) is 6.64. The number of carbonyl (C=O) groups is 1.